The zero-order valence-corrected chi connectivity index (χ0v) is 8.11. The smallest absolute Gasteiger partial charge is 0.275 e. The fraction of sp³-hybridized carbons (Fsp3) is 0.222. The molecule has 1 heterocycles. The van der Waals surface area contributed by atoms with Crippen molar-refractivity contribution in [1.82, 2.24) is 10.4 Å². The SMILES string of the molecule is CC(C)=NNC(=O)c1cccnc1N. The molecule has 0 aromatic carbocycles. The molecule has 0 saturated carbocycles. The molecular weight excluding hydrogens is 180 g/mol. The Labute approximate surface area is 82.0 Å². The molecule has 1 aromatic heterocycles. The highest BCUT2D eigenvalue weighted by molar-refractivity contribution is 5.98. The summed E-state index contributed by atoms with van der Waals surface area (Å²) in [4.78, 5) is 15.2. The van der Waals surface area contributed by atoms with Crippen LogP contribution in [-0.2, 0) is 0 Å². The average molecular weight is 192 g/mol. The van der Waals surface area contributed by atoms with Crippen molar-refractivity contribution in [2.75, 3.05) is 5.73 Å². The molecule has 1 aromatic rings. The molecule has 1 amide bonds. The minimum Gasteiger partial charge on any atom is -0.383 e. The summed E-state index contributed by atoms with van der Waals surface area (Å²) in [5.74, 6) is -0.147. The van der Waals surface area contributed by atoms with Crippen LogP contribution in [0.1, 0.15) is 24.2 Å². The van der Waals surface area contributed by atoms with E-state index in [1.54, 1.807) is 26.0 Å². The molecule has 14 heavy (non-hydrogen) atoms. The van der Waals surface area contributed by atoms with Crippen LogP contribution in [0.2, 0.25) is 0 Å². The zero-order chi connectivity index (χ0) is 10.6. The van der Waals surface area contributed by atoms with Gasteiger partial charge in [-0.3, -0.25) is 4.79 Å². The second-order valence-corrected chi connectivity index (χ2v) is 2.94. The van der Waals surface area contributed by atoms with E-state index in [9.17, 15) is 4.79 Å². The number of nitrogens with two attached hydrogens (primary N) is 1. The Kier molecular flexibility index (Phi) is 3.17. The molecule has 0 aliphatic carbocycles. The zero-order valence-electron chi connectivity index (χ0n) is 8.11. The lowest BCUT2D eigenvalue weighted by molar-refractivity contribution is 0.0955. The third-order valence-corrected chi connectivity index (χ3v) is 1.46. The molecule has 0 fully saturated rings. The normalized spacial score (nSPS) is 9.29. The molecule has 0 unspecified atom stereocenters. The quantitative estimate of drug-likeness (QED) is 0.537. The first-order valence-electron chi connectivity index (χ1n) is 4.13. The van der Waals surface area contributed by atoms with E-state index in [2.05, 4.69) is 15.5 Å². The monoisotopic (exact) mass is 192 g/mol. The minimum atomic E-state index is -0.350. The van der Waals surface area contributed by atoms with Crippen molar-refractivity contribution in [1.29, 1.82) is 0 Å². The number of anilines is 1. The van der Waals surface area contributed by atoms with Gasteiger partial charge in [0, 0.05) is 11.9 Å². The molecule has 0 saturated heterocycles. The topological polar surface area (TPSA) is 80.4 Å². The van der Waals surface area contributed by atoms with Gasteiger partial charge in [0.05, 0.1) is 5.56 Å². The average Bonchev–Trinajstić information content (AvgIpc) is 2.15. The van der Waals surface area contributed by atoms with Crippen LogP contribution >= 0.6 is 0 Å². The predicted octanol–water partition coefficient (Wildman–Crippen LogP) is 0.789. The summed E-state index contributed by atoms with van der Waals surface area (Å²) in [5.41, 5.74) is 8.97. The number of nitrogen functional groups attached to an aromatic ring is 1. The molecule has 74 valence electrons. The van der Waals surface area contributed by atoms with Crippen molar-refractivity contribution in [2.45, 2.75) is 13.8 Å². The number of hydrogen-bond donors (Lipinski definition) is 2. The van der Waals surface area contributed by atoms with E-state index in [4.69, 9.17) is 5.73 Å². The minimum absolute atomic E-state index is 0.203. The predicted molar refractivity (Wildman–Crippen MR) is 54.9 cm³/mol. The molecular formula is C9H12N4O. The van der Waals surface area contributed by atoms with Crippen LogP contribution in [0.3, 0.4) is 0 Å². The Balaban J connectivity index is 2.80. The Hall–Kier alpha value is -1.91. The van der Waals surface area contributed by atoms with Gasteiger partial charge in [0.15, 0.2) is 0 Å². The van der Waals surface area contributed by atoms with Crippen LogP contribution in [0.25, 0.3) is 0 Å². The molecule has 5 nitrogen and oxygen atoms in total. The number of pyridine rings is 1. The van der Waals surface area contributed by atoms with Gasteiger partial charge in [-0.25, -0.2) is 10.4 Å². The van der Waals surface area contributed by atoms with E-state index in [0.29, 0.717) is 5.56 Å². The molecule has 0 atom stereocenters. The molecule has 0 aliphatic rings. The summed E-state index contributed by atoms with van der Waals surface area (Å²) in [5, 5.41) is 3.78. The molecule has 0 aliphatic heterocycles. The first-order chi connectivity index (χ1) is 6.61. The number of amides is 1. The highest BCUT2D eigenvalue weighted by atomic mass is 16.2. The van der Waals surface area contributed by atoms with Crippen LogP contribution in [0.5, 0.6) is 0 Å². The maximum atomic E-state index is 11.4. The van der Waals surface area contributed by atoms with Gasteiger partial charge in [-0.1, -0.05) is 0 Å². The van der Waals surface area contributed by atoms with Gasteiger partial charge >= 0.3 is 0 Å². The number of hydrogen-bond acceptors (Lipinski definition) is 4. The van der Waals surface area contributed by atoms with E-state index in [1.807, 2.05) is 0 Å². The molecule has 1 rings (SSSR count). The highest BCUT2D eigenvalue weighted by Crippen LogP contribution is 2.05. The second kappa shape index (κ2) is 4.36. The van der Waals surface area contributed by atoms with Crippen LogP contribution < -0.4 is 11.2 Å². The lowest BCUT2D eigenvalue weighted by Crippen LogP contribution is -2.20. The molecule has 0 bridgehead atoms. The van der Waals surface area contributed by atoms with Crippen LogP contribution in [-0.4, -0.2) is 16.6 Å². The first kappa shape index (κ1) is 10.2. The summed E-state index contributed by atoms with van der Waals surface area (Å²) >= 11 is 0. The molecule has 3 N–H and O–H groups in total. The number of carbonyl (C=O) groups excluding carboxylic acids is 1. The summed E-state index contributed by atoms with van der Waals surface area (Å²) in [7, 11) is 0. The van der Waals surface area contributed by atoms with Crippen LogP contribution in [0.4, 0.5) is 5.82 Å². The van der Waals surface area contributed by atoms with Gasteiger partial charge < -0.3 is 5.73 Å². The molecule has 0 spiro atoms. The van der Waals surface area contributed by atoms with Crippen molar-refractivity contribution < 1.29 is 4.79 Å². The summed E-state index contributed by atoms with van der Waals surface area (Å²) in [6, 6.07) is 3.24. The number of nitrogens with one attached hydrogen (secondary N) is 1. The van der Waals surface area contributed by atoms with Crippen molar-refractivity contribution in [3.05, 3.63) is 23.9 Å². The Morgan fingerprint density at radius 3 is 2.86 bits per heavy atom. The van der Waals surface area contributed by atoms with Crippen LogP contribution in [0.15, 0.2) is 23.4 Å². The van der Waals surface area contributed by atoms with Gasteiger partial charge in [0.2, 0.25) is 0 Å². The van der Waals surface area contributed by atoms with Crippen molar-refractivity contribution in [3.8, 4) is 0 Å². The number of rotatable bonds is 2. The third kappa shape index (κ3) is 2.55. The Bertz CT molecular complexity index is 369. The fourth-order valence-electron chi connectivity index (χ4n) is 0.832. The third-order valence-electron chi connectivity index (χ3n) is 1.46. The maximum absolute atomic E-state index is 11.4. The van der Waals surface area contributed by atoms with E-state index < -0.39 is 0 Å². The summed E-state index contributed by atoms with van der Waals surface area (Å²) in [6.45, 7) is 3.57. The maximum Gasteiger partial charge on any atom is 0.275 e. The van der Waals surface area contributed by atoms with Gasteiger partial charge in [0.1, 0.15) is 5.82 Å². The van der Waals surface area contributed by atoms with E-state index >= 15 is 0 Å². The first-order valence-corrected chi connectivity index (χ1v) is 4.13. The van der Waals surface area contributed by atoms with Gasteiger partial charge in [-0.05, 0) is 26.0 Å². The fourth-order valence-corrected chi connectivity index (χ4v) is 0.832. The van der Waals surface area contributed by atoms with Gasteiger partial charge in [-0.2, -0.15) is 5.10 Å². The Morgan fingerprint density at radius 2 is 2.29 bits per heavy atom. The number of aromatic nitrogens is 1. The lowest BCUT2D eigenvalue weighted by Gasteiger charge is -2.02. The molecule has 0 radical (unpaired) electrons. The number of nitrogens with zero attached hydrogens (tertiary/aromatic N) is 2. The van der Waals surface area contributed by atoms with Crippen molar-refractivity contribution >= 4 is 17.4 Å². The van der Waals surface area contributed by atoms with E-state index in [1.165, 1.54) is 6.20 Å². The number of carbonyl (C=O) groups is 1. The largest absolute Gasteiger partial charge is 0.383 e. The summed E-state index contributed by atoms with van der Waals surface area (Å²) < 4.78 is 0. The highest BCUT2D eigenvalue weighted by Gasteiger charge is 2.08. The van der Waals surface area contributed by atoms with Crippen molar-refractivity contribution in [3.63, 3.8) is 0 Å². The standard InChI is InChI=1S/C9H12N4O/c1-6(2)12-13-9(14)7-4-3-5-11-8(7)10/h3-5H,1-2H3,(H2,10,11)(H,13,14). The van der Waals surface area contributed by atoms with Crippen LogP contribution in [0, 0.1) is 0 Å². The summed E-state index contributed by atoms with van der Waals surface area (Å²) in [6.07, 6.45) is 1.53. The second-order valence-electron chi connectivity index (χ2n) is 2.94. The Morgan fingerprint density at radius 1 is 1.57 bits per heavy atom. The van der Waals surface area contributed by atoms with Gasteiger partial charge in [-0.15, -0.1) is 0 Å². The molecule has 5 heteroatoms. The lowest BCUT2D eigenvalue weighted by atomic mass is 10.2. The van der Waals surface area contributed by atoms with Gasteiger partial charge in [0.25, 0.3) is 5.91 Å². The van der Waals surface area contributed by atoms with E-state index in [-0.39, 0.29) is 11.7 Å². The number of hydrazone groups is 1. The van der Waals surface area contributed by atoms with E-state index in [0.717, 1.165) is 5.71 Å². The van der Waals surface area contributed by atoms with Crippen molar-refractivity contribution in [2.24, 2.45) is 5.10 Å².